The maximum absolute atomic E-state index is 14.3. The second kappa shape index (κ2) is 10.3. The van der Waals surface area contributed by atoms with Gasteiger partial charge in [0.05, 0.1) is 17.0 Å². The first-order valence-electron chi connectivity index (χ1n) is 14.9. The van der Waals surface area contributed by atoms with Gasteiger partial charge in [-0.1, -0.05) is 6.07 Å². The Balaban J connectivity index is 1.10. The lowest BCUT2D eigenvalue weighted by Gasteiger charge is -2.47. The summed E-state index contributed by atoms with van der Waals surface area (Å²) in [6.45, 7) is 2.58. The number of carbonyl (C=O) groups is 4. The van der Waals surface area contributed by atoms with E-state index in [-0.39, 0.29) is 46.1 Å². The second-order valence-electron chi connectivity index (χ2n) is 12.8. The molecule has 5 aliphatic rings. The molecular formula is C29H33F2N4O7PS. The molecule has 4 aliphatic heterocycles. The minimum atomic E-state index is -5.75. The monoisotopic (exact) mass is 650 g/mol. The molecule has 4 amide bonds. The Hall–Kier alpha value is -2.93. The predicted octanol–water partition coefficient (Wildman–Crippen LogP) is 2.85. The molecule has 1 saturated carbocycles. The summed E-state index contributed by atoms with van der Waals surface area (Å²) < 4.78 is 40.4. The van der Waals surface area contributed by atoms with Gasteiger partial charge in [0.2, 0.25) is 17.7 Å². The smallest absolute Gasteiger partial charge is 0.340 e. The van der Waals surface area contributed by atoms with E-state index in [1.165, 1.54) is 19.1 Å². The molecule has 1 aliphatic carbocycles. The molecule has 3 N–H and O–H groups in total. The first-order valence-corrected chi connectivity index (χ1v) is 17.4. The van der Waals surface area contributed by atoms with Crippen molar-refractivity contribution in [3.05, 3.63) is 34.7 Å². The molecule has 7 rings (SSSR count). The first-order chi connectivity index (χ1) is 20.7. The number of carbonyl (C=O) groups excluding carboxylic acids is 4. The number of rotatable bonds is 5. The number of alkyl halides is 2. The topological polar surface area (TPSA) is 148 Å². The van der Waals surface area contributed by atoms with E-state index in [9.17, 15) is 32.5 Å². The summed E-state index contributed by atoms with van der Waals surface area (Å²) in [6.07, 6.45) is 4.23. The Kier molecular flexibility index (Phi) is 6.97. The number of halogens is 2. The van der Waals surface area contributed by atoms with Crippen molar-refractivity contribution in [3.8, 4) is 0 Å². The molecule has 1 aromatic carbocycles. The molecule has 15 heteroatoms. The van der Waals surface area contributed by atoms with E-state index in [0.717, 1.165) is 42.7 Å². The van der Waals surface area contributed by atoms with E-state index >= 15 is 0 Å². The molecule has 2 aromatic rings. The van der Waals surface area contributed by atoms with E-state index in [4.69, 9.17) is 9.79 Å². The van der Waals surface area contributed by atoms with Crippen molar-refractivity contribution in [3.63, 3.8) is 0 Å². The van der Waals surface area contributed by atoms with E-state index < -0.39 is 36.8 Å². The second-order valence-corrected chi connectivity index (χ2v) is 15.6. The van der Waals surface area contributed by atoms with Gasteiger partial charge in [0.25, 0.3) is 5.91 Å². The minimum absolute atomic E-state index is 0.00357. The average Bonchev–Trinajstić information content (AvgIpc) is 3.25. The highest BCUT2D eigenvalue weighted by Crippen LogP contribution is 2.59. The van der Waals surface area contributed by atoms with Gasteiger partial charge in [0, 0.05) is 36.3 Å². The van der Waals surface area contributed by atoms with Gasteiger partial charge in [-0.05, 0) is 73.9 Å². The predicted molar refractivity (Wildman–Crippen MR) is 155 cm³/mol. The third kappa shape index (κ3) is 4.76. The molecular weight excluding hydrogens is 617 g/mol. The summed E-state index contributed by atoms with van der Waals surface area (Å²) >= 11 is 1.03. The van der Waals surface area contributed by atoms with Crippen molar-refractivity contribution < 1.29 is 42.3 Å². The summed E-state index contributed by atoms with van der Waals surface area (Å²) in [7, 11) is -5.75. The number of benzene rings is 1. The van der Waals surface area contributed by atoms with Gasteiger partial charge < -0.3 is 29.8 Å². The van der Waals surface area contributed by atoms with Crippen LogP contribution in [0.15, 0.2) is 24.3 Å². The van der Waals surface area contributed by atoms with E-state index in [1.807, 2.05) is 4.90 Å². The van der Waals surface area contributed by atoms with Crippen LogP contribution in [-0.4, -0.2) is 91.4 Å². The summed E-state index contributed by atoms with van der Waals surface area (Å²) in [5.74, 6) is -0.213. The molecule has 0 spiro atoms. The molecule has 1 aromatic heterocycles. The fourth-order valence-electron chi connectivity index (χ4n) is 7.82. The number of amides is 4. The van der Waals surface area contributed by atoms with Crippen LogP contribution in [0.3, 0.4) is 0 Å². The molecule has 0 radical (unpaired) electrons. The standard InChI is InChI=1S/C29H33F2N4O7PS/c1-14(36)34-13-23-21(34)6-7-33(23)28(39)22-4-3-19-10-15-8-16(15)11-20(27(38)35(19)22)32-26(37)25-12-17-9-18(2-5-24(17)44-25)29(30,31)43(40,41)42/h2,5,9,12,15-16,19-23H,3-4,6-8,10-11,13H2,1H3,(H,32,37)(H2,40,41,42)/t15-,16+,19-,20+,21?,22+,23?/m1/s1. The zero-order valence-electron chi connectivity index (χ0n) is 23.9. The fraction of sp³-hybridized carbons (Fsp3) is 0.586. The van der Waals surface area contributed by atoms with Gasteiger partial charge >= 0.3 is 13.3 Å². The Morgan fingerprint density at radius 3 is 2.50 bits per heavy atom. The lowest BCUT2D eigenvalue weighted by Crippen LogP contribution is -2.65. The Bertz CT molecular complexity index is 1630. The molecule has 5 heterocycles. The zero-order valence-corrected chi connectivity index (χ0v) is 25.6. The number of nitrogens with one attached hydrogen (secondary N) is 1. The van der Waals surface area contributed by atoms with Crippen molar-refractivity contribution in [2.45, 2.75) is 81.3 Å². The number of fused-ring (bicyclic) bond motifs is 4. The highest BCUT2D eigenvalue weighted by Gasteiger charge is 2.55. The van der Waals surface area contributed by atoms with Gasteiger partial charge in [0.15, 0.2) is 0 Å². The highest BCUT2D eigenvalue weighted by atomic mass is 32.1. The maximum Gasteiger partial charge on any atom is 0.399 e. The molecule has 236 valence electrons. The lowest BCUT2D eigenvalue weighted by atomic mass is 9.96. The normalized spacial score (nSPS) is 31.5. The summed E-state index contributed by atoms with van der Waals surface area (Å²) in [6, 6.07) is 2.99. The van der Waals surface area contributed by atoms with E-state index in [0.29, 0.717) is 48.9 Å². The van der Waals surface area contributed by atoms with E-state index in [2.05, 4.69) is 5.32 Å². The number of nitrogens with zero attached hydrogens (tertiary/aromatic N) is 3. The fourth-order valence-corrected chi connectivity index (χ4v) is 9.24. The summed E-state index contributed by atoms with van der Waals surface area (Å²) in [5, 5.41) is 3.09. The van der Waals surface area contributed by atoms with Crippen molar-refractivity contribution in [2.24, 2.45) is 11.8 Å². The summed E-state index contributed by atoms with van der Waals surface area (Å²) in [4.78, 5) is 77.0. The zero-order chi connectivity index (χ0) is 31.3. The van der Waals surface area contributed by atoms with Crippen LogP contribution in [0.1, 0.15) is 60.7 Å². The Morgan fingerprint density at radius 2 is 1.77 bits per heavy atom. The van der Waals surface area contributed by atoms with Gasteiger partial charge in [-0.15, -0.1) is 11.3 Å². The van der Waals surface area contributed by atoms with Gasteiger partial charge in [-0.25, -0.2) is 0 Å². The molecule has 5 fully saturated rings. The van der Waals surface area contributed by atoms with Gasteiger partial charge in [-0.2, -0.15) is 8.78 Å². The van der Waals surface area contributed by atoms with Crippen LogP contribution < -0.4 is 5.32 Å². The van der Waals surface area contributed by atoms with Crippen LogP contribution in [0.2, 0.25) is 0 Å². The largest absolute Gasteiger partial charge is 0.399 e. The average molecular weight is 651 g/mol. The quantitative estimate of drug-likeness (QED) is 0.422. The third-order valence-corrected chi connectivity index (χ3v) is 12.4. The van der Waals surface area contributed by atoms with Crippen LogP contribution in [-0.2, 0) is 24.6 Å². The minimum Gasteiger partial charge on any atom is -0.340 e. The number of thiophene rings is 1. The maximum atomic E-state index is 14.3. The van der Waals surface area contributed by atoms with Crippen LogP contribution >= 0.6 is 18.9 Å². The molecule has 7 atom stereocenters. The molecule has 2 unspecified atom stereocenters. The highest BCUT2D eigenvalue weighted by molar-refractivity contribution is 7.52. The number of likely N-dealkylation sites (tertiary alicyclic amines) is 2. The lowest BCUT2D eigenvalue weighted by molar-refractivity contribution is -0.152. The third-order valence-electron chi connectivity index (χ3n) is 10.3. The Morgan fingerprint density at radius 1 is 1.02 bits per heavy atom. The molecule has 4 saturated heterocycles. The van der Waals surface area contributed by atoms with Crippen molar-refractivity contribution in [1.82, 2.24) is 20.0 Å². The van der Waals surface area contributed by atoms with Gasteiger partial charge in [-0.3, -0.25) is 23.7 Å². The van der Waals surface area contributed by atoms with Crippen LogP contribution in [0, 0.1) is 11.8 Å². The molecule has 11 nitrogen and oxygen atoms in total. The Labute approximate surface area is 255 Å². The molecule has 44 heavy (non-hydrogen) atoms. The number of hydrogen-bond acceptors (Lipinski definition) is 6. The van der Waals surface area contributed by atoms with Crippen molar-refractivity contribution in [2.75, 3.05) is 13.1 Å². The van der Waals surface area contributed by atoms with Crippen LogP contribution in [0.5, 0.6) is 0 Å². The molecule has 0 bridgehead atoms. The van der Waals surface area contributed by atoms with Crippen LogP contribution in [0.25, 0.3) is 10.1 Å². The van der Waals surface area contributed by atoms with E-state index in [1.54, 1.807) is 9.80 Å². The summed E-state index contributed by atoms with van der Waals surface area (Å²) in [5.41, 5.74) is -5.23. The SMILES string of the molecule is CC(=O)N1CC2C1CCN2C(=O)[C@@H]1CC[C@@H]2C[C@H]3C[C@H]3C[C@H](NC(=O)c3cc4cc(C(F)(F)P(=O)(O)O)ccc4s3)C(=O)N21. The van der Waals surface area contributed by atoms with Crippen molar-refractivity contribution >= 4 is 52.6 Å². The first kappa shape index (κ1) is 29.8. The van der Waals surface area contributed by atoms with Gasteiger partial charge in [0.1, 0.15) is 12.1 Å². The van der Waals surface area contributed by atoms with Crippen molar-refractivity contribution in [1.29, 1.82) is 0 Å². The van der Waals surface area contributed by atoms with Crippen LogP contribution in [0.4, 0.5) is 8.78 Å². The number of hydrogen-bond donors (Lipinski definition) is 3.